The summed E-state index contributed by atoms with van der Waals surface area (Å²) in [7, 11) is 0. The molecule has 0 radical (unpaired) electrons. The van der Waals surface area contributed by atoms with Gasteiger partial charge in [0.1, 0.15) is 5.75 Å². The van der Waals surface area contributed by atoms with Crippen LogP contribution in [0.15, 0.2) is 53.6 Å². The summed E-state index contributed by atoms with van der Waals surface area (Å²) in [6.07, 6.45) is 2.34. The van der Waals surface area contributed by atoms with Crippen LogP contribution in [0.25, 0.3) is 0 Å². The number of phenolic OH excluding ortho intramolecular Hbond substituents is 1. The van der Waals surface area contributed by atoms with E-state index in [1.165, 1.54) is 11.8 Å². The third-order valence-corrected chi connectivity index (χ3v) is 4.88. The second-order valence-electron chi connectivity index (χ2n) is 6.51. The molecule has 0 bridgehead atoms. The van der Waals surface area contributed by atoms with Crippen LogP contribution in [0.3, 0.4) is 0 Å². The van der Waals surface area contributed by atoms with Gasteiger partial charge in [-0.05, 0) is 43.9 Å². The molecule has 3 rings (SSSR count). The molecule has 5 nitrogen and oxygen atoms in total. The van der Waals surface area contributed by atoms with E-state index in [0.29, 0.717) is 5.56 Å². The first-order valence-electron chi connectivity index (χ1n) is 9.09. The second kappa shape index (κ2) is 8.04. The maximum Gasteiger partial charge on any atom is 0.243 e. The van der Waals surface area contributed by atoms with Gasteiger partial charge in [-0.1, -0.05) is 30.3 Å². The molecule has 2 atom stereocenters. The molecule has 26 heavy (non-hydrogen) atoms. The van der Waals surface area contributed by atoms with Crippen molar-refractivity contribution in [1.82, 2.24) is 5.43 Å². The van der Waals surface area contributed by atoms with Crippen LogP contribution in [-0.4, -0.2) is 30.3 Å². The summed E-state index contributed by atoms with van der Waals surface area (Å²) >= 11 is 0. The Morgan fingerprint density at radius 2 is 1.96 bits per heavy atom. The van der Waals surface area contributed by atoms with Crippen LogP contribution in [0.5, 0.6) is 5.75 Å². The van der Waals surface area contributed by atoms with Gasteiger partial charge in [0.25, 0.3) is 0 Å². The van der Waals surface area contributed by atoms with Gasteiger partial charge in [0.05, 0.1) is 6.21 Å². The Labute approximate surface area is 154 Å². The first kappa shape index (κ1) is 18.0. The monoisotopic (exact) mass is 351 g/mol. The number of amides is 1. The zero-order valence-electron chi connectivity index (χ0n) is 15.2. The summed E-state index contributed by atoms with van der Waals surface area (Å²) in [6.45, 7) is 5.91. The predicted octanol–water partition coefficient (Wildman–Crippen LogP) is 3.49. The fraction of sp³-hybridized carbons (Fsp3) is 0.333. The van der Waals surface area contributed by atoms with Crippen LogP contribution >= 0.6 is 0 Å². The summed E-state index contributed by atoms with van der Waals surface area (Å²) in [4.78, 5) is 14.3. The minimum atomic E-state index is -0.0747. The normalized spacial score (nSPS) is 18.7. The number of nitrogens with zero attached hydrogens (tertiary/aromatic N) is 2. The van der Waals surface area contributed by atoms with Gasteiger partial charge in [-0.2, -0.15) is 5.10 Å². The number of carbonyl (C=O) groups excluding carboxylic acids is 1. The Bertz CT molecular complexity index is 785. The van der Waals surface area contributed by atoms with E-state index < -0.39 is 0 Å². The molecule has 1 aliphatic rings. The van der Waals surface area contributed by atoms with Crippen LogP contribution in [-0.2, 0) is 4.79 Å². The average molecular weight is 351 g/mol. The first-order valence-corrected chi connectivity index (χ1v) is 9.09. The van der Waals surface area contributed by atoms with Gasteiger partial charge in [0.2, 0.25) is 5.91 Å². The number of benzene rings is 2. The molecule has 2 aromatic carbocycles. The van der Waals surface area contributed by atoms with Crippen molar-refractivity contribution in [3.8, 4) is 5.75 Å². The lowest BCUT2D eigenvalue weighted by Gasteiger charge is -2.21. The number of phenols is 1. The van der Waals surface area contributed by atoms with E-state index in [-0.39, 0.29) is 23.5 Å². The Morgan fingerprint density at radius 3 is 2.62 bits per heavy atom. The lowest BCUT2D eigenvalue weighted by atomic mass is 10.1. The Hall–Kier alpha value is -2.82. The minimum Gasteiger partial charge on any atom is -0.507 e. The molecule has 1 amide bonds. The molecule has 1 aliphatic carbocycles. The Balaban J connectivity index is 1.56. The molecule has 0 aromatic heterocycles. The average Bonchev–Trinajstić information content (AvgIpc) is 3.46. The lowest BCUT2D eigenvalue weighted by molar-refractivity contribution is -0.122. The molecule has 1 fully saturated rings. The number of anilines is 1. The van der Waals surface area contributed by atoms with Crippen molar-refractivity contribution >= 4 is 17.8 Å². The number of rotatable bonds is 7. The number of carbonyl (C=O) groups is 1. The van der Waals surface area contributed by atoms with Crippen molar-refractivity contribution in [3.05, 3.63) is 59.7 Å². The molecular weight excluding hydrogens is 326 g/mol. The number of hydrogen-bond acceptors (Lipinski definition) is 4. The SMILES string of the molecule is CCN(CC)c1ccc(/C=N/NC(=O)[C@@H]2C[C@H]2c2ccccc2)c(O)c1. The molecular formula is C21H25N3O2. The molecule has 0 spiro atoms. The van der Waals surface area contributed by atoms with Gasteiger partial charge in [-0.25, -0.2) is 5.43 Å². The van der Waals surface area contributed by atoms with Crippen LogP contribution < -0.4 is 10.3 Å². The standard InChI is InChI=1S/C21H25N3O2/c1-3-24(4-2)17-11-10-16(20(25)12-17)14-22-23-21(26)19-13-18(19)15-8-6-5-7-9-15/h5-12,14,18-19,25H,3-4,13H2,1-2H3,(H,23,26)/b22-14+/t18-,19+/m0/s1. The molecule has 0 unspecified atom stereocenters. The molecule has 1 saturated carbocycles. The Morgan fingerprint density at radius 1 is 1.23 bits per heavy atom. The van der Waals surface area contributed by atoms with E-state index in [9.17, 15) is 9.90 Å². The van der Waals surface area contributed by atoms with Gasteiger partial charge in [-0.3, -0.25) is 4.79 Å². The van der Waals surface area contributed by atoms with Gasteiger partial charge < -0.3 is 10.0 Å². The van der Waals surface area contributed by atoms with Crippen molar-refractivity contribution in [3.63, 3.8) is 0 Å². The molecule has 5 heteroatoms. The van der Waals surface area contributed by atoms with Crippen LogP contribution in [0, 0.1) is 5.92 Å². The van der Waals surface area contributed by atoms with Crippen LogP contribution in [0.2, 0.25) is 0 Å². The molecule has 2 N–H and O–H groups in total. The highest BCUT2D eigenvalue weighted by Gasteiger charge is 2.43. The Kier molecular flexibility index (Phi) is 5.56. The molecule has 136 valence electrons. The first-order chi connectivity index (χ1) is 12.6. The number of aromatic hydroxyl groups is 1. The number of hydrazone groups is 1. The fourth-order valence-electron chi connectivity index (χ4n) is 3.23. The zero-order valence-corrected chi connectivity index (χ0v) is 15.2. The summed E-state index contributed by atoms with van der Waals surface area (Å²) < 4.78 is 0. The number of hydrogen-bond donors (Lipinski definition) is 2. The molecule has 0 aliphatic heterocycles. The van der Waals surface area contributed by atoms with Gasteiger partial charge >= 0.3 is 0 Å². The highest BCUT2D eigenvalue weighted by molar-refractivity contribution is 5.87. The summed E-state index contributed by atoms with van der Waals surface area (Å²) in [6, 6.07) is 15.5. The van der Waals surface area contributed by atoms with Crippen molar-refractivity contribution in [2.75, 3.05) is 18.0 Å². The minimum absolute atomic E-state index is 0.0202. The van der Waals surface area contributed by atoms with Gasteiger partial charge in [0, 0.05) is 36.3 Å². The van der Waals surface area contributed by atoms with E-state index in [0.717, 1.165) is 25.2 Å². The van der Waals surface area contributed by atoms with Crippen molar-refractivity contribution in [1.29, 1.82) is 0 Å². The smallest absolute Gasteiger partial charge is 0.243 e. The maximum atomic E-state index is 12.2. The zero-order chi connectivity index (χ0) is 18.5. The third kappa shape index (κ3) is 4.04. The highest BCUT2D eigenvalue weighted by Crippen LogP contribution is 2.47. The quantitative estimate of drug-likeness (QED) is 0.593. The molecule has 0 heterocycles. The molecule has 2 aromatic rings. The van der Waals surface area contributed by atoms with Crippen LogP contribution in [0.1, 0.15) is 37.3 Å². The van der Waals surface area contributed by atoms with E-state index >= 15 is 0 Å². The summed E-state index contributed by atoms with van der Waals surface area (Å²) in [5.41, 5.74) is 5.33. The van der Waals surface area contributed by atoms with Crippen molar-refractivity contribution in [2.24, 2.45) is 11.0 Å². The summed E-state index contributed by atoms with van der Waals surface area (Å²) in [5.74, 6) is 0.344. The maximum absolute atomic E-state index is 12.2. The predicted molar refractivity (Wildman–Crippen MR) is 105 cm³/mol. The fourth-order valence-corrected chi connectivity index (χ4v) is 3.23. The van der Waals surface area contributed by atoms with Gasteiger partial charge in [-0.15, -0.1) is 0 Å². The van der Waals surface area contributed by atoms with E-state index in [1.54, 1.807) is 6.07 Å². The number of nitrogens with one attached hydrogen (secondary N) is 1. The third-order valence-electron chi connectivity index (χ3n) is 4.88. The summed E-state index contributed by atoms with van der Waals surface area (Å²) in [5, 5.41) is 14.2. The lowest BCUT2D eigenvalue weighted by Crippen LogP contribution is -2.21. The van der Waals surface area contributed by atoms with E-state index in [1.807, 2.05) is 30.3 Å². The largest absolute Gasteiger partial charge is 0.507 e. The second-order valence-corrected chi connectivity index (χ2v) is 6.51. The van der Waals surface area contributed by atoms with Crippen molar-refractivity contribution in [2.45, 2.75) is 26.2 Å². The topological polar surface area (TPSA) is 64.9 Å². The van der Waals surface area contributed by atoms with E-state index in [4.69, 9.17) is 0 Å². The van der Waals surface area contributed by atoms with Crippen molar-refractivity contribution < 1.29 is 9.90 Å². The van der Waals surface area contributed by atoms with Gasteiger partial charge in [0.15, 0.2) is 0 Å². The van der Waals surface area contributed by atoms with Crippen LogP contribution in [0.4, 0.5) is 5.69 Å². The highest BCUT2D eigenvalue weighted by atomic mass is 16.3. The molecule has 0 saturated heterocycles. The van der Waals surface area contributed by atoms with E-state index in [2.05, 4.69) is 41.4 Å².